The first-order valence-electron chi connectivity index (χ1n) is 9.70. The van der Waals surface area contributed by atoms with Crippen LogP contribution in [0.4, 0.5) is 18.9 Å². The van der Waals surface area contributed by atoms with E-state index < -0.39 is 12.6 Å². The third-order valence-electron chi connectivity index (χ3n) is 5.16. The van der Waals surface area contributed by atoms with Crippen molar-refractivity contribution in [1.29, 1.82) is 0 Å². The maximum absolute atomic E-state index is 12.5. The predicted molar refractivity (Wildman–Crippen MR) is 116 cm³/mol. The van der Waals surface area contributed by atoms with Crippen molar-refractivity contribution in [3.05, 3.63) is 46.7 Å². The SMILES string of the molecule is Cc1cc(-c2cnc3c(NCCC(F)(F)F)cc(Cl)nn23)ccc1C(=S)CC1CC1. The number of aromatic nitrogens is 3. The molecule has 2 aromatic heterocycles. The number of nitrogens with zero attached hydrogens (tertiary/aromatic N) is 3. The molecule has 1 saturated carbocycles. The first-order chi connectivity index (χ1) is 14.2. The molecule has 1 aliphatic rings. The van der Waals surface area contributed by atoms with Crippen molar-refractivity contribution >= 4 is 40.0 Å². The van der Waals surface area contributed by atoms with Crippen molar-refractivity contribution < 1.29 is 13.2 Å². The molecule has 9 heteroatoms. The van der Waals surface area contributed by atoms with E-state index in [4.69, 9.17) is 23.8 Å². The third kappa shape index (κ3) is 4.75. The van der Waals surface area contributed by atoms with Crippen LogP contribution in [-0.4, -0.2) is 32.2 Å². The molecule has 0 bridgehead atoms. The summed E-state index contributed by atoms with van der Waals surface area (Å²) in [6, 6.07) is 7.48. The standard InChI is InChI=1S/C21H20ClF3N4S/c1-12-8-14(4-5-15(12)18(30)9-13-2-3-13)17-11-27-20-16(10-19(22)28-29(17)20)26-7-6-21(23,24)25/h4-5,8,10-11,13,26H,2-3,6-7,9H2,1H3. The molecular formula is C21H20ClF3N4S. The number of anilines is 1. The normalized spacial score (nSPS) is 14.3. The van der Waals surface area contributed by atoms with Crippen molar-refractivity contribution in [2.45, 2.75) is 38.8 Å². The zero-order valence-corrected chi connectivity index (χ0v) is 17.8. The van der Waals surface area contributed by atoms with E-state index in [2.05, 4.69) is 15.4 Å². The molecule has 0 spiro atoms. The minimum Gasteiger partial charge on any atom is -0.382 e. The smallest absolute Gasteiger partial charge is 0.382 e. The van der Waals surface area contributed by atoms with Gasteiger partial charge in [-0.1, -0.05) is 36.0 Å². The maximum atomic E-state index is 12.5. The van der Waals surface area contributed by atoms with E-state index in [1.165, 1.54) is 18.9 Å². The zero-order chi connectivity index (χ0) is 21.5. The Hall–Kier alpha value is -2.19. The van der Waals surface area contributed by atoms with Gasteiger partial charge in [0.25, 0.3) is 0 Å². The van der Waals surface area contributed by atoms with Crippen molar-refractivity contribution in [3.63, 3.8) is 0 Å². The van der Waals surface area contributed by atoms with Crippen LogP contribution in [0.5, 0.6) is 0 Å². The van der Waals surface area contributed by atoms with Crippen LogP contribution in [0.25, 0.3) is 16.9 Å². The first-order valence-corrected chi connectivity index (χ1v) is 10.5. The summed E-state index contributed by atoms with van der Waals surface area (Å²) in [6.07, 6.45) is -0.0797. The van der Waals surface area contributed by atoms with Gasteiger partial charge in [0.2, 0.25) is 0 Å². The van der Waals surface area contributed by atoms with Crippen LogP contribution in [0, 0.1) is 12.8 Å². The van der Waals surface area contributed by atoms with Gasteiger partial charge >= 0.3 is 6.18 Å². The van der Waals surface area contributed by atoms with Gasteiger partial charge in [-0.05, 0) is 49.3 Å². The molecule has 4 rings (SSSR count). The number of fused-ring (bicyclic) bond motifs is 1. The molecule has 4 nitrogen and oxygen atoms in total. The van der Waals surface area contributed by atoms with Crippen LogP contribution in [0.15, 0.2) is 30.5 Å². The fraction of sp³-hybridized carbons (Fsp3) is 0.381. The van der Waals surface area contributed by atoms with Gasteiger partial charge in [-0.2, -0.15) is 18.3 Å². The lowest BCUT2D eigenvalue weighted by Crippen LogP contribution is -2.15. The monoisotopic (exact) mass is 452 g/mol. The molecule has 0 amide bonds. The van der Waals surface area contributed by atoms with Crippen molar-refractivity contribution in [1.82, 2.24) is 14.6 Å². The lowest BCUT2D eigenvalue weighted by molar-refractivity contribution is -0.131. The minimum absolute atomic E-state index is 0.162. The second kappa shape index (κ2) is 8.15. The van der Waals surface area contributed by atoms with E-state index in [0.29, 0.717) is 17.0 Å². The Morgan fingerprint density at radius 1 is 1.30 bits per heavy atom. The fourth-order valence-corrected chi connectivity index (χ4v) is 4.08. The Bertz CT molecular complexity index is 1110. The molecule has 1 aliphatic carbocycles. The summed E-state index contributed by atoms with van der Waals surface area (Å²) in [7, 11) is 0. The molecule has 0 saturated heterocycles. The summed E-state index contributed by atoms with van der Waals surface area (Å²) in [6.45, 7) is 1.75. The highest BCUT2D eigenvalue weighted by Gasteiger charge is 2.26. The number of benzene rings is 1. The van der Waals surface area contributed by atoms with Gasteiger partial charge in [0.05, 0.1) is 24.0 Å². The Labute approximate surface area is 182 Å². The van der Waals surface area contributed by atoms with Gasteiger partial charge in [0.15, 0.2) is 10.8 Å². The van der Waals surface area contributed by atoms with Crippen LogP contribution in [0.3, 0.4) is 0 Å². The second-order valence-corrected chi connectivity index (χ2v) is 8.53. The number of rotatable bonds is 7. The van der Waals surface area contributed by atoms with Gasteiger partial charge in [0.1, 0.15) is 0 Å². The van der Waals surface area contributed by atoms with Crippen molar-refractivity contribution in [2.75, 3.05) is 11.9 Å². The molecule has 3 aromatic rings. The zero-order valence-electron chi connectivity index (χ0n) is 16.3. The van der Waals surface area contributed by atoms with Crippen molar-refractivity contribution in [2.24, 2.45) is 5.92 Å². The molecule has 1 N–H and O–H groups in total. The molecule has 158 valence electrons. The maximum Gasteiger partial charge on any atom is 0.390 e. The van der Waals surface area contributed by atoms with Gasteiger partial charge < -0.3 is 5.32 Å². The summed E-state index contributed by atoms with van der Waals surface area (Å²) < 4.78 is 39.0. The number of aryl methyl sites for hydroxylation is 1. The molecule has 30 heavy (non-hydrogen) atoms. The molecule has 1 fully saturated rings. The number of thiocarbonyl (C=S) groups is 1. The highest BCUT2D eigenvalue weighted by molar-refractivity contribution is 7.80. The molecule has 0 aliphatic heterocycles. The molecule has 0 unspecified atom stereocenters. The van der Waals surface area contributed by atoms with Crippen LogP contribution in [0.2, 0.25) is 5.15 Å². The highest BCUT2D eigenvalue weighted by Crippen LogP contribution is 2.35. The summed E-state index contributed by atoms with van der Waals surface area (Å²) in [5.74, 6) is 0.727. The van der Waals surface area contributed by atoms with Crippen LogP contribution < -0.4 is 5.32 Å². The molecule has 0 radical (unpaired) electrons. The van der Waals surface area contributed by atoms with E-state index in [1.807, 2.05) is 25.1 Å². The van der Waals surface area contributed by atoms with Gasteiger partial charge in [-0.25, -0.2) is 9.50 Å². The molecule has 2 heterocycles. The van der Waals surface area contributed by atoms with E-state index in [-0.39, 0.29) is 11.7 Å². The summed E-state index contributed by atoms with van der Waals surface area (Å²) in [5.41, 5.74) is 4.56. The van der Waals surface area contributed by atoms with Crippen LogP contribution in [-0.2, 0) is 0 Å². The fourth-order valence-electron chi connectivity index (χ4n) is 3.43. The Balaban J connectivity index is 1.63. The van der Waals surface area contributed by atoms with Crippen LogP contribution >= 0.6 is 23.8 Å². The minimum atomic E-state index is -4.24. The quantitative estimate of drug-likeness (QED) is 0.340. The van der Waals surface area contributed by atoms with Gasteiger partial charge in [-0.3, -0.25) is 0 Å². The number of hydrogen-bond donors (Lipinski definition) is 1. The third-order valence-corrected chi connectivity index (χ3v) is 5.73. The van der Waals surface area contributed by atoms with E-state index in [9.17, 15) is 13.2 Å². The van der Waals surface area contributed by atoms with E-state index in [0.717, 1.165) is 33.9 Å². The second-order valence-electron chi connectivity index (χ2n) is 7.65. The summed E-state index contributed by atoms with van der Waals surface area (Å²) in [4.78, 5) is 5.34. The number of imidazole rings is 1. The summed E-state index contributed by atoms with van der Waals surface area (Å²) >= 11 is 11.7. The van der Waals surface area contributed by atoms with E-state index in [1.54, 1.807) is 10.7 Å². The van der Waals surface area contributed by atoms with Crippen LogP contribution in [0.1, 0.15) is 36.8 Å². The highest BCUT2D eigenvalue weighted by atomic mass is 35.5. The average molecular weight is 453 g/mol. The van der Waals surface area contributed by atoms with E-state index >= 15 is 0 Å². The average Bonchev–Trinajstić information content (AvgIpc) is 3.36. The van der Waals surface area contributed by atoms with Gasteiger partial charge in [-0.15, -0.1) is 0 Å². The number of halogens is 4. The summed E-state index contributed by atoms with van der Waals surface area (Å²) in [5, 5.41) is 7.22. The van der Waals surface area contributed by atoms with Crippen molar-refractivity contribution in [3.8, 4) is 11.3 Å². The van der Waals surface area contributed by atoms with Gasteiger partial charge in [0, 0.05) is 23.0 Å². The lowest BCUT2D eigenvalue weighted by atomic mass is 9.99. The number of hydrogen-bond acceptors (Lipinski definition) is 4. The Morgan fingerprint density at radius 3 is 2.73 bits per heavy atom. The molecule has 0 atom stereocenters. The largest absolute Gasteiger partial charge is 0.390 e. The Kier molecular flexibility index (Phi) is 5.72. The topological polar surface area (TPSA) is 42.2 Å². The number of alkyl halides is 3. The number of nitrogens with one attached hydrogen (secondary N) is 1. The first kappa shape index (κ1) is 21.1. The molecule has 1 aromatic carbocycles. The Morgan fingerprint density at radius 2 is 2.07 bits per heavy atom. The predicted octanol–water partition coefficient (Wildman–Crippen LogP) is 6.24. The lowest BCUT2D eigenvalue weighted by Gasteiger charge is -2.11. The molecular weight excluding hydrogens is 433 g/mol.